The van der Waals surface area contributed by atoms with Gasteiger partial charge in [0.05, 0.1) is 5.69 Å². The van der Waals surface area contributed by atoms with Gasteiger partial charge >= 0.3 is 0 Å². The van der Waals surface area contributed by atoms with Gasteiger partial charge in [-0.3, -0.25) is 0 Å². The summed E-state index contributed by atoms with van der Waals surface area (Å²) in [5, 5.41) is 2.85. The zero-order valence-corrected chi connectivity index (χ0v) is 7.55. The zero-order chi connectivity index (χ0) is 9.68. The van der Waals surface area contributed by atoms with Crippen LogP contribution in [0.4, 0.5) is 10.2 Å². The topological polar surface area (TPSA) is 63.8 Å². The van der Waals surface area contributed by atoms with Crippen LogP contribution in [0, 0.1) is 12.7 Å². The minimum Gasteiger partial charge on any atom is -0.367 e. The molecule has 0 saturated heterocycles. The average Bonchev–Trinajstić information content (AvgIpc) is 2.13. The van der Waals surface area contributed by atoms with Crippen molar-refractivity contribution in [2.45, 2.75) is 13.3 Å². The van der Waals surface area contributed by atoms with Crippen molar-refractivity contribution in [1.82, 2.24) is 9.97 Å². The molecule has 4 nitrogen and oxygen atoms in total. The minimum absolute atomic E-state index is 0.251. The molecule has 0 aliphatic rings. The van der Waals surface area contributed by atoms with Crippen molar-refractivity contribution in [3.8, 4) is 0 Å². The third-order valence-electron chi connectivity index (χ3n) is 1.64. The van der Waals surface area contributed by atoms with Crippen LogP contribution in [0.15, 0.2) is 6.33 Å². The molecular weight excluding hydrogens is 171 g/mol. The smallest absolute Gasteiger partial charge is 0.186 e. The standard InChI is InChI=1S/C8H13FN4/c1-6-7(9)8(13-5-12-6)11-4-2-3-10/h5H,2-4,10H2,1H3,(H,11,12,13). The Kier molecular flexibility index (Phi) is 3.57. The van der Waals surface area contributed by atoms with Crippen molar-refractivity contribution in [2.75, 3.05) is 18.4 Å². The first-order chi connectivity index (χ1) is 6.25. The molecule has 13 heavy (non-hydrogen) atoms. The predicted molar refractivity (Wildman–Crippen MR) is 48.9 cm³/mol. The molecular formula is C8H13FN4. The quantitative estimate of drug-likeness (QED) is 0.675. The van der Waals surface area contributed by atoms with Gasteiger partial charge in [0.2, 0.25) is 0 Å². The molecule has 72 valence electrons. The molecule has 0 atom stereocenters. The molecule has 0 aromatic carbocycles. The SMILES string of the molecule is Cc1ncnc(NCCCN)c1F. The van der Waals surface area contributed by atoms with Gasteiger partial charge < -0.3 is 11.1 Å². The van der Waals surface area contributed by atoms with Gasteiger partial charge in [-0.2, -0.15) is 0 Å². The van der Waals surface area contributed by atoms with Gasteiger partial charge in [0.15, 0.2) is 11.6 Å². The molecule has 0 amide bonds. The molecule has 0 radical (unpaired) electrons. The molecule has 0 bridgehead atoms. The van der Waals surface area contributed by atoms with E-state index >= 15 is 0 Å². The van der Waals surface area contributed by atoms with E-state index in [1.54, 1.807) is 6.92 Å². The van der Waals surface area contributed by atoms with E-state index in [9.17, 15) is 4.39 Å². The van der Waals surface area contributed by atoms with Gasteiger partial charge in [-0.1, -0.05) is 0 Å². The Bertz CT molecular complexity index is 277. The van der Waals surface area contributed by atoms with Crippen molar-refractivity contribution >= 4 is 5.82 Å². The number of nitrogens with zero attached hydrogens (tertiary/aromatic N) is 2. The molecule has 0 fully saturated rings. The van der Waals surface area contributed by atoms with Gasteiger partial charge in [-0.15, -0.1) is 0 Å². The first kappa shape index (κ1) is 9.85. The van der Waals surface area contributed by atoms with Crippen LogP contribution in [0.25, 0.3) is 0 Å². The van der Waals surface area contributed by atoms with Crippen molar-refractivity contribution in [2.24, 2.45) is 5.73 Å². The minimum atomic E-state index is -0.389. The molecule has 1 rings (SSSR count). The molecule has 1 heterocycles. The number of hydrogen-bond acceptors (Lipinski definition) is 4. The van der Waals surface area contributed by atoms with Gasteiger partial charge in [0.25, 0.3) is 0 Å². The third-order valence-corrected chi connectivity index (χ3v) is 1.64. The summed E-state index contributed by atoms with van der Waals surface area (Å²) in [4.78, 5) is 7.49. The highest BCUT2D eigenvalue weighted by Crippen LogP contribution is 2.10. The number of aromatic nitrogens is 2. The summed E-state index contributed by atoms with van der Waals surface area (Å²) in [5.41, 5.74) is 5.65. The summed E-state index contributed by atoms with van der Waals surface area (Å²) in [6, 6.07) is 0. The average molecular weight is 184 g/mol. The lowest BCUT2D eigenvalue weighted by Crippen LogP contribution is -2.11. The number of rotatable bonds is 4. The number of halogens is 1. The van der Waals surface area contributed by atoms with Gasteiger partial charge in [0, 0.05) is 6.54 Å². The normalized spacial score (nSPS) is 10.1. The fraction of sp³-hybridized carbons (Fsp3) is 0.500. The first-order valence-electron chi connectivity index (χ1n) is 4.16. The summed E-state index contributed by atoms with van der Waals surface area (Å²) >= 11 is 0. The maximum Gasteiger partial charge on any atom is 0.186 e. The maximum atomic E-state index is 13.2. The highest BCUT2D eigenvalue weighted by molar-refractivity contribution is 5.36. The van der Waals surface area contributed by atoms with E-state index in [-0.39, 0.29) is 11.6 Å². The van der Waals surface area contributed by atoms with Crippen LogP contribution in [-0.2, 0) is 0 Å². The Labute approximate surface area is 76.4 Å². The molecule has 0 saturated carbocycles. The molecule has 0 aliphatic carbocycles. The summed E-state index contributed by atoms with van der Waals surface area (Å²) < 4.78 is 13.2. The molecule has 5 heteroatoms. The van der Waals surface area contributed by atoms with Crippen LogP contribution in [0.1, 0.15) is 12.1 Å². The lowest BCUT2D eigenvalue weighted by atomic mass is 10.4. The maximum absolute atomic E-state index is 13.2. The monoisotopic (exact) mass is 184 g/mol. The number of hydrogen-bond donors (Lipinski definition) is 2. The Hall–Kier alpha value is -1.23. The van der Waals surface area contributed by atoms with E-state index < -0.39 is 0 Å². The third kappa shape index (κ3) is 2.62. The Morgan fingerprint density at radius 3 is 3.00 bits per heavy atom. The summed E-state index contributed by atoms with van der Waals surface area (Å²) in [7, 11) is 0. The number of nitrogens with two attached hydrogens (primary N) is 1. The summed E-state index contributed by atoms with van der Waals surface area (Å²) in [6.07, 6.45) is 2.13. The van der Waals surface area contributed by atoms with E-state index in [1.807, 2.05) is 0 Å². The first-order valence-corrected chi connectivity index (χ1v) is 4.16. The van der Waals surface area contributed by atoms with Crippen molar-refractivity contribution < 1.29 is 4.39 Å². The van der Waals surface area contributed by atoms with Gasteiger partial charge in [-0.05, 0) is 19.9 Å². The van der Waals surface area contributed by atoms with Gasteiger partial charge in [-0.25, -0.2) is 14.4 Å². The van der Waals surface area contributed by atoms with Crippen LogP contribution in [0.5, 0.6) is 0 Å². The highest BCUT2D eigenvalue weighted by atomic mass is 19.1. The van der Waals surface area contributed by atoms with Crippen molar-refractivity contribution in [1.29, 1.82) is 0 Å². The fourth-order valence-electron chi connectivity index (χ4n) is 0.890. The van der Waals surface area contributed by atoms with Crippen LogP contribution >= 0.6 is 0 Å². The largest absolute Gasteiger partial charge is 0.367 e. The summed E-state index contributed by atoms with van der Waals surface area (Å²) in [5.74, 6) is -0.138. The van der Waals surface area contributed by atoms with E-state index in [0.29, 0.717) is 18.8 Å². The van der Waals surface area contributed by atoms with Crippen LogP contribution in [-0.4, -0.2) is 23.1 Å². The second kappa shape index (κ2) is 4.71. The van der Waals surface area contributed by atoms with Gasteiger partial charge in [0.1, 0.15) is 6.33 Å². The Morgan fingerprint density at radius 1 is 1.54 bits per heavy atom. The lowest BCUT2D eigenvalue weighted by molar-refractivity contribution is 0.604. The predicted octanol–water partition coefficient (Wildman–Crippen LogP) is 0.685. The highest BCUT2D eigenvalue weighted by Gasteiger charge is 2.05. The van der Waals surface area contributed by atoms with Crippen LogP contribution in [0.3, 0.4) is 0 Å². The number of anilines is 1. The van der Waals surface area contributed by atoms with Crippen LogP contribution < -0.4 is 11.1 Å². The lowest BCUT2D eigenvalue weighted by Gasteiger charge is -2.05. The Morgan fingerprint density at radius 2 is 2.31 bits per heavy atom. The second-order valence-electron chi connectivity index (χ2n) is 2.69. The van der Waals surface area contributed by atoms with E-state index in [0.717, 1.165) is 6.42 Å². The molecule has 0 spiro atoms. The Balaban J connectivity index is 2.61. The molecule has 1 aromatic rings. The van der Waals surface area contributed by atoms with E-state index in [2.05, 4.69) is 15.3 Å². The van der Waals surface area contributed by atoms with E-state index in [1.165, 1.54) is 6.33 Å². The molecule has 3 N–H and O–H groups in total. The van der Waals surface area contributed by atoms with Crippen molar-refractivity contribution in [3.05, 3.63) is 17.8 Å². The molecule has 1 aromatic heterocycles. The molecule has 0 unspecified atom stereocenters. The fourth-order valence-corrected chi connectivity index (χ4v) is 0.890. The van der Waals surface area contributed by atoms with Crippen molar-refractivity contribution in [3.63, 3.8) is 0 Å². The number of aryl methyl sites for hydroxylation is 1. The second-order valence-corrected chi connectivity index (χ2v) is 2.69. The number of nitrogens with one attached hydrogen (secondary N) is 1. The summed E-state index contributed by atoms with van der Waals surface area (Å²) in [6.45, 7) is 2.81. The van der Waals surface area contributed by atoms with Crippen LogP contribution in [0.2, 0.25) is 0 Å². The van der Waals surface area contributed by atoms with E-state index in [4.69, 9.17) is 5.73 Å². The zero-order valence-electron chi connectivity index (χ0n) is 7.55. The molecule has 0 aliphatic heterocycles.